The third-order valence-corrected chi connectivity index (χ3v) is 4.06. The van der Waals surface area contributed by atoms with E-state index in [1.165, 1.54) is 20.3 Å². The molecule has 0 heterocycles. The zero-order chi connectivity index (χ0) is 19.4. The molecule has 25 heavy (non-hydrogen) atoms. The van der Waals surface area contributed by atoms with E-state index in [-0.39, 0.29) is 17.9 Å². The number of hydrogen-bond donors (Lipinski definition) is 5. The number of benzene rings is 1. The van der Waals surface area contributed by atoms with Crippen molar-refractivity contribution in [1.82, 2.24) is 10.2 Å². The number of amides is 1. The van der Waals surface area contributed by atoms with Crippen molar-refractivity contribution >= 4 is 21.8 Å². The van der Waals surface area contributed by atoms with Crippen LogP contribution in [-0.4, -0.2) is 72.0 Å². The Morgan fingerprint density at radius 3 is 2.20 bits per heavy atom. The second kappa shape index (κ2) is 8.30. The van der Waals surface area contributed by atoms with Crippen LogP contribution in [0, 0.1) is 0 Å². The highest BCUT2D eigenvalue weighted by molar-refractivity contribution is 9.10. The van der Waals surface area contributed by atoms with Crippen molar-refractivity contribution in [2.45, 2.75) is 18.1 Å². The number of nitrogens with one attached hydrogen (secondary N) is 1. The molecule has 0 aliphatic carbocycles. The van der Waals surface area contributed by atoms with Crippen LogP contribution in [0.1, 0.15) is 12.0 Å². The summed E-state index contributed by atoms with van der Waals surface area (Å²) in [5.41, 5.74) is -0.409. The largest absolute Gasteiger partial charge is 0.496 e. The lowest BCUT2D eigenvalue weighted by molar-refractivity contribution is -0.375. The standard InChI is InChI=1S/C15H23BrN2O7/c1-18(2)6-5-13(19)17-15(22,23)14(20,21)9-7-12(25-4)10(16)8-11(9)24-3/h7-8,20-23H,5-6H2,1-4H3,(H,17,19). The van der Waals surface area contributed by atoms with Gasteiger partial charge in [-0.05, 0) is 42.2 Å². The van der Waals surface area contributed by atoms with Crippen LogP contribution in [0.25, 0.3) is 0 Å². The maximum absolute atomic E-state index is 11.8. The Bertz CT molecular complexity index is 620. The quantitative estimate of drug-likeness (QED) is 0.348. The average molecular weight is 423 g/mol. The highest BCUT2D eigenvalue weighted by Crippen LogP contribution is 2.40. The summed E-state index contributed by atoms with van der Waals surface area (Å²) in [6.45, 7) is 0.335. The normalized spacial score (nSPS) is 12.2. The Morgan fingerprint density at radius 1 is 1.16 bits per heavy atom. The molecule has 0 aliphatic rings. The predicted octanol–water partition coefficient (Wildman–Crippen LogP) is -0.690. The van der Waals surface area contributed by atoms with Crippen LogP contribution >= 0.6 is 15.9 Å². The van der Waals surface area contributed by atoms with Crippen LogP contribution in [0.15, 0.2) is 16.6 Å². The van der Waals surface area contributed by atoms with E-state index in [1.807, 2.05) is 0 Å². The lowest BCUT2D eigenvalue weighted by Gasteiger charge is -2.36. The average Bonchev–Trinajstić information content (AvgIpc) is 2.51. The van der Waals surface area contributed by atoms with Crippen molar-refractivity contribution in [1.29, 1.82) is 0 Å². The minimum absolute atomic E-state index is 0.0623. The molecule has 0 aromatic heterocycles. The summed E-state index contributed by atoms with van der Waals surface area (Å²) in [5, 5.41) is 42.6. The van der Waals surface area contributed by atoms with Gasteiger partial charge in [0.2, 0.25) is 5.91 Å². The molecule has 0 fully saturated rings. The molecule has 1 aromatic rings. The Labute approximate surface area is 153 Å². The summed E-state index contributed by atoms with van der Waals surface area (Å²) in [6.07, 6.45) is -0.0766. The fourth-order valence-corrected chi connectivity index (χ4v) is 2.47. The summed E-state index contributed by atoms with van der Waals surface area (Å²) >= 11 is 3.21. The first-order valence-electron chi connectivity index (χ1n) is 7.23. The van der Waals surface area contributed by atoms with Crippen LogP contribution in [0.5, 0.6) is 11.5 Å². The van der Waals surface area contributed by atoms with E-state index in [0.29, 0.717) is 11.0 Å². The summed E-state index contributed by atoms with van der Waals surface area (Å²) in [6, 6.07) is 2.51. The van der Waals surface area contributed by atoms with Gasteiger partial charge >= 0.3 is 5.91 Å². The first-order chi connectivity index (χ1) is 11.5. The van der Waals surface area contributed by atoms with Gasteiger partial charge in [-0.1, -0.05) is 0 Å². The topological polar surface area (TPSA) is 132 Å². The maximum Gasteiger partial charge on any atom is 0.308 e. The monoisotopic (exact) mass is 422 g/mol. The van der Waals surface area contributed by atoms with Gasteiger partial charge in [0.1, 0.15) is 11.5 Å². The lowest BCUT2D eigenvalue weighted by atomic mass is 10.00. The smallest absolute Gasteiger partial charge is 0.308 e. The number of ether oxygens (including phenoxy) is 2. The van der Waals surface area contributed by atoms with Crippen molar-refractivity contribution in [2.24, 2.45) is 0 Å². The summed E-state index contributed by atoms with van der Waals surface area (Å²) in [5.74, 6) is -7.30. The Hall–Kier alpha value is -1.43. The molecule has 0 saturated carbocycles. The van der Waals surface area contributed by atoms with Crippen LogP contribution in [0.3, 0.4) is 0 Å². The Kier molecular flexibility index (Phi) is 7.18. The predicted molar refractivity (Wildman–Crippen MR) is 91.8 cm³/mol. The van der Waals surface area contributed by atoms with Crippen LogP contribution in [-0.2, 0) is 10.6 Å². The highest BCUT2D eigenvalue weighted by atomic mass is 79.9. The van der Waals surface area contributed by atoms with Gasteiger partial charge in [0.25, 0.3) is 5.79 Å². The van der Waals surface area contributed by atoms with E-state index < -0.39 is 23.2 Å². The number of carbonyl (C=O) groups excluding carboxylic acids is 1. The van der Waals surface area contributed by atoms with Gasteiger partial charge in [-0.25, -0.2) is 0 Å². The van der Waals surface area contributed by atoms with Gasteiger partial charge in [0.15, 0.2) is 0 Å². The van der Waals surface area contributed by atoms with Gasteiger partial charge < -0.3 is 40.1 Å². The van der Waals surface area contributed by atoms with E-state index in [0.717, 1.165) is 6.07 Å². The van der Waals surface area contributed by atoms with E-state index >= 15 is 0 Å². The van der Waals surface area contributed by atoms with Gasteiger partial charge in [0.05, 0.1) is 24.3 Å². The van der Waals surface area contributed by atoms with Crippen LogP contribution < -0.4 is 14.8 Å². The number of nitrogens with zero attached hydrogens (tertiary/aromatic N) is 1. The van der Waals surface area contributed by atoms with Crippen molar-refractivity contribution in [3.63, 3.8) is 0 Å². The highest BCUT2D eigenvalue weighted by Gasteiger charge is 2.52. The second-order valence-electron chi connectivity index (χ2n) is 5.63. The summed E-state index contributed by atoms with van der Waals surface area (Å²) < 4.78 is 10.5. The molecule has 0 saturated heterocycles. The summed E-state index contributed by atoms with van der Waals surface area (Å²) in [4.78, 5) is 13.5. The molecule has 0 radical (unpaired) electrons. The lowest BCUT2D eigenvalue weighted by Crippen LogP contribution is -2.63. The third kappa shape index (κ3) is 5.03. The van der Waals surface area contributed by atoms with E-state index in [2.05, 4.69) is 15.9 Å². The van der Waals surface area contributed by atoms with E-state index in [4.69, 9.17) is 9.47 Å². The number of methoxy groups -OCH3 is 2. The zero-order valence-electron chi connectivity index (χ0n) is 14.4. The molecule has 142 valence electrons. The fraction of sp³-hybridized carbons (Fsp3) is 0.533. The van der Waals surface area contributed by atoms with Crippen molar-refractivity contribution in [3.05, 3.63) is 22.2 Å². The minimum atomic E-state index is -3.37. The molecular formula is C15H23BrN2O7. The Balaban J connectivity index is 3.18. The van der Waals surface area contributed by atoms with Gasteiger partial charge in [-0.3, -0.25) is 4.79 Å². The van der Waals surface area contributed by atoms with Crippen LogP contribution in [0.4, 0.5) is 0 Å². The number of aliphatic hydroxyl groups is 4. The van der Waals surface area contributed by atoms with Crippen molar-refractivity contribution in [3.8, 4) is 11.5 Å². The molecule has 0 aliphatic heterocycles. The molecule has 0 spiro atoms. The van der Waals surface area contributed by atoms with Gasteiger partial charge in [-0.2, -0.15) is 0 Å². The molecule has 0 bridgehead atoms. The van der Waals surface area contributed by atoms with Gasteiger partial charge in [0, 0.05) is 13.0 Å². The third-order valence-electron chi connectivity index (χ3n) is 3.44. The number of carbonyl (C=O) groups is 1. The van der Waals surface area contributed by atoms with Crippen LogP contribution in [0.2, 0.25) is 0 Å². The first kappa shape index (κ1) is 21.6. The first-order valence-corrected chi connectivity index (χ1v) is 8.02. The van der Waals surface area contributed by atoms with E-state index in [9.17, 15) is 25.2 Å². The molecule has 5 N–H and O–H groups in total. The minimum Gasteiger partial charge on any atom is -0.496 e. The Morgan fingerprint density at radius 2 is 1.72 bits per heavy atom. The number of rotatable bonds is 8. The molecule has 1 aromatic carbocycles. The second-order valence-corrected chi connectivity index (χ2v) is 6.49. The number of hydrogen-bond acceptors (Lipinski definition) is 8. The maximum atomic E-state index is 11.8. The van der Waals surface area contributed by atoms with Crippen molar-refractivity contribution in [2.75, 3.05) is 34.9 Å². The molecule has 1 amide bonds. The SMILES string of the molecule is COc1cc(C(O)(O)C(O)(O)NC(=O)CCN(C)C)c(OC)cc1Br. The molecule has 1 rings (SSSR count). The van der Waals surface area contributed by atoms with E-state index in [1.54, 1.807) is 24.3 Å². The summed E-state index contributed by atoms with van der Waals surface area (Å²) in [7, 11) is 6.08. The fourth-order valence-electron chi connectivity index (χ4n) is 1.99. The molecular weight excluding hydrogens is 400 g/mol. The molecule has 10 heteroatoms. The molecule has 0 unspecified atom stereocenters. The van der Waals surface area contributed by atoms with Gasteiger partial charge in [-0.15, -0.1) is 0 Å². The molecule has 0 atom stereocenters. The van der Waals surface area contributed by atoms with Crippen molar-refractivity contribution < 1.29 is 34.7 Å². The number of halogens is 1. The molecule has 9 nitrogen and oxygen atoms in total. The zero-order valence-corrected chi connectivity index (χ0v) is 16.0.